The van der Waals surface area contributed by atoms with Crippen molar-refractivity contribution >= 4 is 52.3 Å². The van der Waals surface area contributed by atoms with E-state index < -0.39 is 83.8 Å². The molecular weight excluding hydrogens is 867 g/mol. The highest BCUT2D eigenvalue weighted by Gasteiger charge is 2.40. The molecule has 0 aliphatic carbocycles. The number of nitrogens with one attached hydrogen (secondary N) is 3. The normalized spacial score (nSPS) is 23.6. The van der Waals surface area contributed by atoms with Crippen LogP contribution in [0.1, 0.15) is 106 Å². The Labute approximate surface area is 403 Å². The molecule has 1 fully saturated rings. The second kappa shape index (κ2) is 24.4. The zero-order valence-electron chi connectivity index (χ0n) is 42.8. The van der Waals surface area contributed by atoms with E-state index in [2.05, 4.69) is 20.5 Å². The highest BCUT2D eigenvalue weighted by molar-refractivity contribution is 5.98. The number of esters is 1. The summed E-state index contributed by atoms with van der Waals surface area (Å²) in [6.45, 7) is 18.7. The second-order valence-corrected chi connectivity index (χ2v) is 20.2. The molecule has 1 aromatic heterocycles. The van der Waals surface area contributed by atoms with Gasteiger partial charge in [0.2, 0.25) is 29.5 Å². The fourth-order valence-electron chi connectivity index (χ4n) is 8.67. The van der Waals surface area contributed by atoms with Crippen molar-refractivity contribution in [1.82, 2.24) is 35.2 Å². The van der Waals surface area contributed by atoms with E-state index in [4.69, 9.17) is 9.47 Å². The summed E-state index contributed by atoms with van der Waals surface area (Å²) in [6, 6.07) is 8.84. The van der Waals surface area contributed by atoms with Crippen molar-refractivity contribution in [3.8, 4) is 5.75 Å². The Hall–Kier alpha value is -5.93. The molecule has 68 heavy (non-hydrogen) atoms. The van der Waals surface area contributed by atoms with Crippen LogP contribution in [0.2, 0.25) is 0 Å². The Balaban J connectivity index is 1.89. The fourth-order valence-corrected chi connectivity index (χ4v) is 8.67. The number of para-hydroxylation sites is 1. The number of cyclic esters (lactones) is 1. The van der Waals surface area contributed by atoms with Crippen LogP contribution in [0.3, 0.4) is 0 Å². The monoisotopic (exact) mass is 944 g/mol. The van der Waals surface area contributed by atoms with Crippen LogP contribution in [0.5, 0.6) is 5.75 Å². The van der Waals surface area contributed by atoms with Gasteiger partial charge in [0.1, 0.15) is 42.0 Å². The standard InChI is InChI=1S/C52H77N7O9/c1-30(2)23-40-49(63)56(11)34(9)52(66)68-35(10)46(60)53-41(24-31(3)4)50(64)57(12)44(26-33(7)8)47(61)55-42(25-32(5)6)51(65)58(13)45(48(62)54-40)27-37-29-59(43-18-16-15-17-39(37)43)28-36-19-21-38(67-14)22-20-36/h15-22,29-35,40-42,44-45H,23-28H2,1-14H3,(H,53,60)(H,54,62)(H,55,61)/t34-,35+,40-,41-,42-,44-,45-/m0/s1. The van der Waals surface area contributed by atoms with Crippen LogP contribution in [0.25, 0.3) is 10.9 Å². The van der Waals surface area contributed by atoms with Crippen LogP contribution in [0, 0.1) is 23.7 Å². The minimum Gasteiger partial charge on any atom is -0.497 e. The molecule has 0 radical (unpaired) electrons. The van der Waals surface area contributed by atoms with Gasteiger partial charge >= 0.3 is 5.97 Å². The lowest BCUT2D eigenvalue weighted by molar-refractivity contribution is -0.162. The summed E-state index contributed by atoms with van der Waals surface area (Å²) < 4.78 is 13.1. The lowest BCUT2D eigenvalue weighted by Gasteiger charge is -2.35. The molecule has 0 spiro atoms. The number of fused-ring (bicyclic) bond motifs is 1. The molecule has 2 heterocycles. The minimum absolute atomic E-state index is 0.0388. The van der Waals surface area contributed by atoms with Crippen LogP contribution in [-0.2, 0) is 51.3 Å². The molecule has 4 rings (SSSR count). The van der Waals surface area contributed by atoms with Crippen LogP contribution in [0.4, 0.5) is 0 Å². The Morgan fingerprint density at radius 3 is 1.54 bits per heavy atom. The summed E-state index contributed by atoms with van der Waals surface area (Å²) in [5.41, 5.74) is 2.70. The predicted octanol–water partition coefficient (Wildman–Crippen LogP) is 5.33. The van der Waals surface area contributed by atoms with E-state index in [0.717, 1.165) is 27.8 Å². The SMILES string of the molecule is COc1ccc(Cn2cc(C[C@H]3C(=O)N[C@@H](CC(C)C)C(=O)N(C)[C@@H](C)C(=O)O[C@H](C)C(=O)N[C@@H](CC(C)C)C(=O)N(C)[C@@H](CC(C)C)C(=O)N[C@@H](CC(C)C)C(=O)N3C)c3ccccc32)cc1. The molecule has 1 aliphatic heterocycles. The molecule has 3 N–H and O–H groups in total. The molecule has 2 aromatic carbocycles. The fraction of sp³-hybridized carbons (Fsp3) is 0.596. The van der Waals surface area contributed by atoms with Crippen molar-refractivity contribution < 1.29 is 43.0 Å². The third kappa shape index (κ3) is 14.3. The van der Waals surface area contributed by atoms with Crippen molar-refractivity contribution in [3.05, 3.63) is 65.9 Å². The van der Waals surface area contributed by atoms with Gasteiger partial charge in [-0.1, -0.05) is 85.7 Å². The van der Waals surface area contributed by atoms with E-state index in [1.165, 1.54) is 49.7 Å². The maximum Gasteiger partial charge on any atom is 0.329 e. The van der Waals surface area contributed by atoms with Gasteiger partial charge in [-0.25, -0.2) is 4.79 Å². The van der Waals surface area contributed by atoms with E-state index in [1.807, 2.05) is 110 Å². The molecule has 374 valence electrons. The van der Waals surface area contributed by atoms with E-state index in [-0.39, 0.29) is 55.8 Å². The number of ether oxygens (including phenoxy) is 2. The summed E-state index contributed by atoms with van der Waals surface area (Å²) >= 11 is 0. The second-order valence-electron chi connectivity index (χ2n) is 20.2. The number of nitrogens with zero attached hydrogens (tertiary/aromatic N) is 4. The summed E-state index contributed by atoms with van der Waals surface area (Å²) in [4.78, 5) is 105. The number of hydrogen-bond acceptors (Lipinski definition) is 9. The zero-order chi connectivity index (χ0) is 50.7. The van der Waals surface area contributed by atoms with Gasteiger partial charge in [-0.05, 0) is 92.5 Å². The highest BCUT2D eigenvalue weighted by Crippen LogP contribution is 2.27. The number of amides is 6. The van der Waals surface area contributed by atoms with Crippen molar-refractivity contribution in [2.75, 3.05) is 28.3 Å². The van der Waals surface area contributed by atoms with Crippen molar-refractivity contribution in [2.24, 2.45) is 23.7 Å². The number of hydrogen-bond donors (Lipinski definition) is 3. The third-order valence-corrected chi connectivity index (χ3v) is 12.6. The van der Waals surface area contributed by atoms with Gasteiger partial charge in [-0.15, -0.1) is 0 Å². The summed E-state index contributed by atoms with van der Waals surface area (Å²) in [7, 11) is 6.08. The highest BCUT2D eigenvalue weighted by atomic mass is 16.5. The van der Waals surface area contributed by atoms with Gasteiger partial charge < -0.3 is 44.7 Å². The Morgan fingerprint density at radius 2 is 1.04 bits per heavy atom. The smallest absolute Gasteiger partial charge is 0.329 e. The summed E-state index contributed by atoms with van der Waals surface area (Å²) in [6.07, 6.45) is 1.54. The van der Waals surface area contributed by atoms with Gasteiger partial charge in [0.15, 0.2) is 6.10 Å². The molecule has 16 nitrogen and oxygen atoms in total. The molecular formula is C52H77N7O9. The quantitative estimate of drug-likeness (QED) is 0.191. The first-order valence-corrected chi connectivity index (χ1v) is 24.0. The molecule has 16 heteroatoms. The van der Waals surface area contributed by atoms with Crippen LogP contribution < -0.4 is 20.7 Å². The molecule has 0 bridgehead atoms. The number of benzene rings is 2. The van der Waals surface area contributed by atoms with E-state index >= 15 is 9.59 Å². The van der Waals surface area contributed by atoms with Gasteiger partial charge in [0.25, 0.3) is 5.91 Å². The van der Waals surface area contributed by atoms with E-state index in [0.29, 0.717) is 6.54 Å². The molecule has 6 amide bonds. The number of rotatable bonds is 13. The first-order valence-electron chi connectivity index (χ1n) is 24.0. The van der Waals surface area contributed by atoms with Crippen molar-refractivity contribution in [3.63, 3.8) is 0 Å². The molecule has 1 saturated heterocycles. The Kier molecular flexibility index (Phi) is 19.6. The summed E-state index contributed by atoms with van der Waals surface area (Å²) in [5, 5.41) is 9.58. The third-order valence-electron chi connectivity index (χ3n) is 12.6. The predicted molar refractivity (Wildman–Crippen MR) is 262 cm³/mol. The Morgan fingerprint density at radius 1 is 0.588 bits per heavy atom. The number of carbonyl (C=O) groups is 7. The maximum absolute atomic E-state index is 15.1. The van der Waals surface area contributed by atoms with Gasteiger partial charge in [-0.3, -0.25) is 28.8 Å². The lowest BCUT2D eigenvalue weighted by Crippen LogP contribution is -2.60. The maximum atomic E-state index is 15.1. The number of aromatic nitrogens is 1. The van der Waals surface area contributed by atoms with Crippen molar-refractivity contribution in [2.45, 2.75) is 150 Å². The van der Waals surface area contributed by atoms with Crippen LogP contribution in [-0.4, -0.2) is 131 Å². The first-order chi connectivity index (χ1) is 31.9. The van der Waals surface area contributed by atoms with Gasteiger partial charge in [0, 0.05) is 51.2 Å². The molecule has 3 aromatic rings. The average Bonchev–Trinajstić information content (AvgIpc) is 3.62. The van der Waals surface area contributed by atoms with Crippen molar-refractivity contribution in [1.29, 1.82) is 0 Å². The van der Waals surface area contributed by atoms with E-state index in [9.17, 15) is 24.0 Å². The van der Waals surface area contributed by atoms with Crippen LogP contribution in [0.15, 0.2) is 54.7 Å². The lowest BCUT2D eigenvalue weighted by atomic mass is 9.96. The molecule has 7 atom stereocenters. The Bertz CT molecular complexity index is 2240. The molecule has 1 aliphatic rings. The summed E-state index contributed by atoms with van der Waals surface area (Å²) in [5.74, 6) is -3.96. The number of carbonyl (C=O) groups excluding carboxylic acids is 7. The first kappa shape index (κ1) is 54.7. The van der Waals surface area contributed by atoms with Gasteiger partial charge in [0.05, 0.1) is 7.11 Å². The average molecular weight is 944 g/mol. The van der Waals surface area contributed by atoms with E-state index in [1.54, 1.807) is 7.11 Å². The largest absolute Gasteiger partial charge is 0.497 e. The van der Waals surface area contributed by atoms with Crippen LogP contribution >= 0.6 is 0 Å². The minimum atomic E-state index is -1.35. The topological polar surface area (TPSA) is 189 Å². The number of methoxy groups -OCH3 is 1. The molecule has 0 unspecified atom stereocenters. The number of likely N-dealkylation sites (N-methyl/N-ethyl adjacent to an activating group) is 3. The van der Waals surface area contributed by atoms with Gasteiger partial charge in [-0.2, -0.15) is 0 Å². The zero-order valence-corrected chi connectivity index (χ0v) is 42.8. The molecule has 0 saturated carbocycles.